The number of aryl methyl sites for hydroxylation is 1. The molecule has 0 atom stereocenters. The highest BCUT2D eigenvalue weighted by Crippen LogP contribution is 2.35. The summed E-state index contributed by atoms with van der Waals surface area (Å²) in [7, 11) is 0. The van der Waals surface area contributed by atoms with Gasteiger partial charge in [-0.05, 0) is 30.7 Å². The summed E-state index contributed by atoms with van der Waals surface area (Å²) in [6.45, 7) is 3.02. The quantitative estimate of drug-likeness (QED) is 0.911. The Morgan fingerprint density at radius 1 is 1.05 bits per heavy atom. The molecule has 1 aliphatic heterocycles. The van der Waals surface area contributed by atoms with Crippen molar-refractivity contribution in [3.8, 4) is 11.5 Å². The highest BCUT2D eigenvalue weighted by Gasteiger charge is 2.15. The minimum absolute atomic E-state index is 0.134. The summed E-state index contributed by atoms with van der Waals surface area (Å²) < 4.78 is 11.0. The molecule has 1 aliphatic rings. The summed E-state index contributed by atoms with van der Waals surface area (Å²) in [5.41, 5.74) is 2.31. The molecule has 4 nitrogen and oxygen atoms in total. The van der Waals surface area contributed by atoms with Crippen LogP contribution in [0.1, 0.15) is 15.9 Å². The van der Waals surface area contributed by atoms with Gasteiger partial charge in [0, 0.05) is 17.3 Å². The second kappa shape index (κ2) is 5.25. The Hall–Kier alpha value is -2.49. The number of hydrogen-bond donors (Lipinski definition) is 1. The molecule has 1 heterocycles. The van der Waals surface area contributed by atoms with E-state index in [-0.39, 0.29) is 5.91 Å². The zero-order valence-corrected chi connectivity index (χ0v) is 11.2. The number of nitrogens with one attached hydrogen (secondary N) is 1. The van der Waals surface area contributed by atoms with E-state index in [1.807, 2.05) is 37.3 Å². The van der Waals surface area contributed by atoms with Crippen molar-refractivity contribution >= 4 is 11.6 Å². The average Bonchev–Trinajstić information content (AvgIpc) is 2.49. The molecule has 0 aliphatic carbocycles. The number of carbonyl (C=O) groups excluding carboxylic acids is 1. The molecule has 0 spiro atoms. The van der Waals surface area contributed by atoms with Gasteiger partial charge in [-0.25, -0.2) is 0 Å². The maximum Gasteiger partial charge on any atom is 0.255 e. The normalized spacial score (nSPS) is 12.8. The molecular formula is C16H15NO3. The topological polar surface area (TPSA) is 47.6 Å². The largest absolute Gasteiger partial charge is 0.486 e. The van der Waals surface area contributed by atoms with Crippen LogP contribution in [0.4, 0.5) is 5.69 Å². The lowest BCUT2D eigenvalue weighted by molar-refractivity contribution is 0.102. The van der Waals surface area contributed by atoms with E-state index < -0.39 is 0 Å². The minimum atomic E-state index is -0.134. The number of carbonyl (C=O) groups is 1. The Labute approximate surface area is 117 Å². The van der Waals surface area contributed by atoms with E-state index in [9.17, 15) is 4.79 Å². The molecule has 4 heteroatoms. The van der Waals surface area contributed by atoms with Gasteiger partial charge < -0.3 is 14.8 Å². The number of anilines is 1. The zero-order chi connectivity index (χ0) is 13.9. The summed E-state index contributed by atoms with van der Waals surface area (Å²) in [5.74, 6) is 1.27. The number of rotatable bonds is 2. The van der Waals surface area contributed by atoms with Crippen molar-refractivity contribution < 1.29 is 14.3 Å². The van der Waals surface area contributed by atoms with E-state index >= 15 is 0 Å². The number of ether oxygens (including phenoxy) is 2. The van der Waals surface area contributed by atoms with Gasteiger partial charge in [-0.15, -0.1) is 0 Å². The first-order chi connectivity index (χ1) is 9.74. The fourth-order valence-corrected chi connectivity index (χ4v) is 2.11. The maximum absolute atomic E-state index is 12.2. The van der Waals surface area contributed by atoms with Crippen molar-refractivity contribution in [2.45, 2.75) is 6.92 Å². The van der Waals surface area contributed by atoms with Crippen LogP contribution in [-0.4, -0.2) is 19.1 Å². The van der Waals surface area contributed by atoms with Crippen LogP contribution in [0.15, 0.2) is 42.5 Å². The zero-order valence-electron chi connectivity index (χ0n) is 11.2. The Bertz CT molecular complexity index is 638. The van der Waals surface area contributed by atoms with E-state index in [0.29, 0.717) is 24.5 Å². The second-order valence-corrected chi connectivity index (χ2v) is 4.63. The van der Waals surface area contributed by atoms with Crippen molar-refractivity contribution in [3.05, 3.63) is 53.6 Å². The summed E-state index contributed by atoms with van der Waals surface area (Å²) in [6, 6.07) is 12.8. The van der Waals surface area contributed by atoms with Gasteiger partial charge in [0.25, 0.3) is 5.91 Å². The van der Waals surface area contributed by atoms with Gasteiger partial charge in [-0.1, -0.05) is 18.2 Å². The van der Waals surface area contributed by atoms with Crippen LogP contribution in [0.25, 0.3) is 0 Å². The molecule has 2 aromatic carbocycles. The maximum atomic E-state index is 12.2. The molecule has 3 rings (SSSR count). The molecule has 0 saturated carbocycles. The number of fused-ring (bicyclic) bond motifs is 1. The van der Waals surface area contributed by atoms with Crippen LogP contribution in [0.5, 0.6) is 11.5 Å². The van der Waals surface area contributed by atoms with E-state index in [1.54, 1.807) is 12.1 Å². The lowest BCUT2D eigenvalue weighted by Crippen LogP contribution is -2.17. The monoisotopic (exact) mass is 269 g/mol. The van der Waals surface area contributed by atoms with Crippen molar-refractivity contribution in [1.29, 1.82) is 0 Å². The smallest absolute Gasteiger partial charge is 0.255 e. The van der Waals surface area contributed by atoms with Crippen molar-refractivity contribution in [1.82, 2.24) is 0 Å². The predicted octanol–water partition coefficient (Wildman–Crippen LogP) is 3.02. The molecular weight excluding hydrogens is 254 g/mol. The Morgan fingerprint density at radius 3 is 2.40 bits per heavy atom. The summed E-state index contributed by atoms with van der Waals surface area (Å²) in [5, 5.41) is 2.90. The van der Waals surface area contributed by atoms with E-state index in [4.69, 9.17) is 9.47 Å². The summed E-state index contributed by atoms with van der Waals surface area (Å²) in [6.07, 6.45) is 0. The third kappa shape index (κ3) is 2.45. The molecule has 0 unspecified atom stereocenters. The van der Waals surface area contributed by atoms with Gasteiger partial charge >= 0.3 is 0 Å². The molecule has 102 valence electrons. The third-order valence-electron chi connectivity index (χ3n) is 3.17. The highest BCUT2D eigenvalue weighted by atomic mass is 16.6. The Morgan fingerprint density at radius 2 is 1.70 bits per heavy atom. The molecule has 1 N–H and O–H groups in total. The first kappa shape index (κ1) is 12.5. The summed E-state index contributed by atoms with van der Waals surface area (Å²) in [4.78, 5) is 12.2. The fourth-order valence-electron chi connectivity index (χ4n) is 2.11. The van der Waals surface area contributed by atoms with Crippen LogP contribution in [0.3, 0.4) is 0 Å². The van der Waals surface area contributed by atoms with E-state index in [1.165, 1.54) is 0 Å². The average molecular weight is 269 g/mol. The van der Waals surface area contributed by atoms with Crippen LogP contribution in [0, 0.1) is 6.92 Å². The number of benzene rings is 2. The van der Waals surface area contributed by atoms with Crippen LogP contribution in [0.2, 0.25) is 0 Å². The van der Waals surface area contributed by atoms with Gasteiger partial charge in [0.05, 0.1) is 0 Å². The third-order valence-corrected chi connectivity index (χ3v) is 3.17. The van der Waals surface area contributed by atoms with Crippen LogP contribution in [-0.2, 0) is 0 Å². The van der Waals surface area contributed by atoms with Crippen molar-refractivity contribution in [2.75, 3.05) is 18.5 Å². The van der Waals surface area contributed by atoms with Crippen LogP contribution < -0.4 is 14.8 Å². The summed E-state index contributed by atoms with van der Waals surface area (Å²) >= 11 is 0. The van der Waals surface area contributed by atoms with Crippen LogP contribution >= 0.6 is 0 Å². The number of hydrogen-bond acceptors (Lipinski definition) is 3. The molecule has 0 saturated heterocycles. The van der Waals surface area contributed by atoms with Crippen molar-refractivity contribution in [3.63, 3.8) is 0 Å². The molecule has 0 bridgehead atoms. The lowest BCUT2D eigenvalue weighted by Gasteiger charge is -2.20. The second-order valence-electron chi connectivity index (χ2n) is 4.63. The molecule has 0 radical (unpaired) electrons. The Kier molecular flexibility index (Phi) is 3.29. The first-order valence-electron chi connectivity index (χ1n) is 6.51. The van der Waals surface area contributed by atoms with Gasteiger partial charge in [0.1, 0.15) is 13.2 Å². The van der Waals surface area contributed by atoms with Gasteiger partial charge in [0.15, 0.2) is 11.5 Å². The molecule has 0 fully saturated rings. The van der Waals surface area contributed by atoms with Gasteiger partial charge in [0.2, 0.25) is 0 Å². The van der Waals surface area contributed by atoms with Crippen molar-refractivity contribution in [2.24, 2.45) is 0 Å². The first-order valence-corrected chi connectivity index (χ1v) is 6.51. The predicted molar refractivity (Wildman–Crippen MR) is 76.6 cm³/mol. The lowest BCUT2D eigenvalue weighted by atomic mass is 10.1. The molecule has 20 heavy (non-hydrogen) atoms. The SMILES string of the molecule is Cc1cc2c(cc1NC(=O)c1ccccc1)OCCO2. The van der Waals surface area contributed by atoms with Gasteiger partial charge in [-0.2, -0.15) is 0 Å². The fraction of sp³-hybridized carbons (Fsp3) is 0.188. The van der Waals surface area contributed by atoms with E-state index in [2.05, 4.69) is 5.32 Å². The standard InChI is InChI=1S/C16H15NO3/c1-11-9-14-15(20-8-7-19-14)10-13(11)17-16(18)12-5-3-2-4-6-12/h2-6,9-10H,7-8H2,1H3,(H,17,18). The molecule has 1 amide bonds. The molecule has 2 aromatic rings. The number of amides is 1. The van der Waals surface area contributed by atoms with Gasteiger partial charge in [-0.3, -0.25) is 4.79 Å². The Balaban J connectivity index is 1.86. The van der Waals surface area contributed by atoms with E-state index in [0.717, 1.165) is 17.0 Å². The highest BCUT2D eigenvalue weighted by molar-refractivity contribution is 6.04. The molecule has 0 aromatic heterocycles. The minimum Gasteiger partial charge on any atom is -0.486 e.